The highest BCUT2D eigenvalue weighted by Crippen LogP contribution is 2.43. The van der Waals surface area contributed by atoms with Crippen LogP contribution in [-0.4, -0.2) is 36.1 Å². The zero-order chi connectivity index (χ0) is 23.7. The first-order valence-electron chi connectivity index (χ1n) is 9.42. The fraction of sp³-hybridized carbons (Fsp3) is 0.333. The van der Waals surface area contributed by atoms with Crippen LogP contribution >= 0.6 is 12.2 Å². The van der Waals surface area contributed by atoms with Crippen molar-refractivity contribution in [1.29, 1.82) is 5.26 Å². The van der Waals surface area contributed by atoms with Crippen LogP contribution < -0.4 is 14.5 Å². The first-order chi connectivity index (χ1) is 15.1. The fourth-order valence-corrected chi connectivity index (χ4v) is 3.97. The van der Waals surface area contributed by atoms with E-state index in [1.165, 1.54) is 48.8 Å². The summed E-state index contributed by atoms with van der Waals surface area (Å²) in [5.74, 6) is -1.13. The van der Waals surface area contributed by atoms with Crippen molar-refractivity contribution in [2.45, 2.75) is 31.0 Å². The number of aromatic nitrogens is 1. The van der Waals surface area contributed by atoms with Crippen molar-refractivity contribution in [2.24, 2.45) is 0 Å². The maximum atomic E-state index is 13.9. The summed E-state index contributed by atoms with van der Waals surface area (Å²) in [6.45, 7) is 0. The second kappa shape index (κ2) is 8.70. The van der Waals surface area contributed by atoms with E-state index in [-0.39, 0.29) is 11.4 Å². The number of nitriles is 1. The number of hydrogen-bond acceptors (Lipinski definition) is 5. The molecule has 0 unspecified atom stereocenters. The molecule has 1 aliphatic rings. The molecule has 0 bridgehead atoms. The molecule has 1 saturated carbocycles. The minimum absolute atomic E-state index is 0.0364. The van der Waals surface area contributed by atoms with Crippen LogP contribution in [0.1, 0.15) is 30.5 Å². The lowest BCUT2D eigenvalue weighted by Crippen LogP contribution is -2.63. The van der Waals surface area contributed by atoms with E-state index in [0.717, 1.165) is 17.2 Å². The highest BCUT2D eigenvalue weighted by Gasteiger charge is 2.51. The summed E-state index contributed by atoms with van der Waals surface area (Å²) in [6.07, 6.45) is -2.30. The molecule has 3 rings (SSSR count). The van der Waals surface area contributed by atoms with Crippen LogP contribution in [0, 0.1) is 17.1 Å². The fourth-order valence-electron chi connectivity index (χ4n) is 3.65. The van der Waals surface area contributed by atoms with Crippen LogP contribution in [0.3, 0.4) is 0 Å². The zero-order valence-corrected chi connectivity index (χ0v) is 17.9. The van der Waals surface area contributed by atoms with Crippen molar-refractivity contribution in [2.75, 3.05) is 24.0 Å². The Morgan fingerprint density at radius 2 is 2.00 bits per heavy atom. The highest BCUT2D eigenvalue weighted by molar-refractivity contribution is 7.79. The van der Waals surface area contributed by atoms with Gasteiger partial charge in [-0.05, 0) is 37.5 Å². The third-order valence-corrected chi connectivity index (χ3v) is 5.75. The second-order valence-corrected chi connectivity index (χ2v) is 7.45. The number of ether oxygens (including phenoxy) is 1. The largest absolute Gasteiger partial charge is 0.494 e. The molecule has 11 heteroatoms. The summed E-state index contributed by atoms with van der Waals surface area (Å²) in [5.41, 5.74) is -1.61. The molecule has 0 aliphatic heterocycles. The first-order valence-corrected chi connectivity index (χ1v) is 9.90. The normalized spacial score (nSPS) is 14.7. The van der Waals surface area contributed by atoms with Gasteiger partial charge in [0.2, 0.25) is 0 Å². The van der Waals surface area contributed by atoms with E-state index in [0.29, 0.717) is 24.9 Å². The number of amides is 1. The molecule has 1 heterocycles. The Hall–Kier alpha value is -3.26. The lowest BCUT2D eigenvalue weighted by molar-refractivity contribution is -0.138. The Morgan fingerprint density at radius 1 is 1.31 bits per heavy atom. The lowest BCUT2D eigenvalue weighted by atomic mass is 9.74. The summed E-state index contributed by atoms with van der Waals surface area (Å²) in [5, 5.41) is 8.94. The summed E-state index contributed by atoms with van der Waals surface area (Å²) >= 11 is 5.14. The first kappa shape index (κ1) is 23.4. The predicted molar refractivity (Wildman–Crippen MR) is 113 cm³/mol. The van der Waals surface area contributed by atoms with Gasteiger partial charge >= 0.3 is 6.18 Å². The van der Waals surface area contributed by atoms with Crippen molar-refractivity contribution < 1.29 is 27.1 Å². The van der Waals surface area contributed by atoms with Gasteiger partial charge in [-0.25, -0.2) is 9.37 Å². The Labute approximate surface area is 187 Å². The van der Waals surface area contributed by atoms with E-state index < -0.39 is 34.7 Å². The van der Waals surface area contributed by atoms with Crippen molar-refractivity contribution >= 4 is 35.0 Å². The number of halogens is 4. The van der Waals surface area contributed by atoms with E-state index in [1.54, 1.807) is 0 Å². The standard InChI is InChI=1S/C21H18F4N4O2S/c1-28(14-8-15(21(23,24)25)17(10-26)27-11-14)19(30)20(6-3-7-20)29(12-32)13-4-5-16(22)18(9-13)31-2/h4-5,8-9,11-12H,3,6-7H2,1-2H3. The molecule has 0 radical (unpaired) electrons. The monoisotopic (exact) mass is 466 g/mol. The summed E-state index contributed by atoms with van der Waals surface area (Å²) < 4.78 is 58.9. The molecule has 6 nitrogen and oxygen atoms in total. The SMILES string of the molecule is COc1cc(N(C=S)C2(C(=O)N(C)c3cnc(C#N)c(C(F)(F)F)c3)CCC2)ccc1F. The predicted octanol–water partition coefficient (Wildman–Crippen LogP) is 4.47. The van der Waals surface area contributed by atoms with Gasteiger partial charge in [-0.3, -0.25) is 4.79 Å². The number of anilines is 2. The van der Waals surface area contributed by atoms with Crippen LogP contribution in [0.5, 0.6) is 5.75 Å². The highest BCUT2D eigenvalue weighted by atomic mass is 32.1. The van der Waals surface area contributed by atoms with Crippen LogP contribution in [0.2, 0.25) is 0 Å². The van der Waals surface area contributed by atoms with Crippen molar-refractivity contribution in [3.63, 3.8) is 0 Å². The van der Waals surface area contributed by atoms with E-state index >= 15 is 0 Å². The van der Waals surface area contributed by atoms with Gasteiger partial charge in [0.15, 0.2) is 17.3 Å². The van der Waals surface area contributed by atoms with Crippen LogP contribution in [0.25, 0.3) is 0 Å². The Kier molecular flexibility index (Phi) is 6.37. The van der Waals surface area contributed by atoms with Crippen LogP contribution in [0.4, 0.5) is 28.9 Å². The number of nitrogens with zero attached hydrogens (tertiary/aromatic N) is 4. The van der Waals surface area contributed by atoms with E-state index in [1.807, 2.05) is 0 Å². The number of thiocarbonyl (C=S) groups is 1. The topological polar surface area (TPSA) is 69.5 Å². The number of methoxy groups -OCH3 is 1. The van der Waals surface area contributed by atoms with Gasteiger partial charge < -0.3 is 14.5 Å². The molecule has 1 aliphatic carbocycles. The Balaban J connectivity index is 2.01. The molecule has 1 aromatic heterocycles. The third-order valence-electron chi connectivity index (χ3n) is 5.53. The summed E-state index contributed by atoms with van der Waals surface area (Å²) in [6, 6.07) is 6.15. The Bertz CT molecular complexity index is 1100. The van der Waals surface area contributed by atoms with Gasteiger partial charge in [0.25, 0.3) is 5.91 Å². The maximum absolute atomic E-state index is 13.9. The molecule has 1 fully saturated rings. The van der Waals surface area contributed by atoms with Crippen molar-refractivity contribution in [1.82, 2.24) is 4.98 Å². The smallest absolute Gasteiger partial charge is 0.419 e. The minimum atomic E-state index is -4.81. The molecule has 0 N–H and O–H groups in total. The Morgan fingerprint density at radius 3 is 2.50 bits per heavy atom. The minimum Gasteiger partial charge on any atom is -0.494 e. The number of pyridine rings is 1. The van der Waals surface area contributed by atoms with Gasteiger partial charge in [-0.15, -0.1) is 0 Å². The number of likely N-dealkylation sites (N-methyl/N-ethyl adjacent to an activating group) is 1. The molecule has 0 spiro atoms. The molecule has 168 valence electrons. The van der Waals surface area contributed by atoms with Crippen LogP contribution in [-0.2, 0) is 11.0 Å². The third kappa shape index (κ3) is 3.98. The molecule has 1 aromatic carbocycles. The van der Waals surface area contributed by atoms with Gasteiger partial charge in [0, 0.05) is 18.8 Å². The molecule has 2 aromatic rings. The molecule has 0 atom stereocenters. The molecular weight excluding hydrogens is 448 g/mol. The van der Waals surface area contributed by atoms with Gasteiger partial charge in [0.05, 0.1) is 30.0 Å². The number of rotatable bonds is 6. The lowest BCUT2D eigenvalue weighted by Gasteiger charge is -2.49. The van der Waals surface area contributed by atoms with Crippen LogP contribution in [0.15, 0.2) is 30.5 Å². The van der Waals surface area contributed by atoms with Gasteiger partial charge in [-0.2, -0.15) is 18.4 Å². The number of carbonyl (C=O) groups excluding carboxylic acids is 1. The van der Waals surface area contributed by atoms with Crippen molar-refractivity contribution in [3.8, 4) is 11.8 Å². The maximum Gasteiger partial charge on any atom is 0.419 e. The number of hydrogen-bond donors (Lipinski definition) is 0. The van der Waals surface area contributed by atoms with Gasteiger partial charge in [-0.1, -0.05) is 12.2 Å². The molecular formula is C21H18F4N4O2S. The molecule has 0 saturated heterocycles. The number of alkyl halides is 3. The molecule has 1 amide bonds. The van der Waals surface area contributed by atoms with E-state index in [9.17, 15) is 22.4 Å². The average Bonchev–Trinajstić information content (AvgIpc) is 2.74. The number of carbonyl (C=O) groups is 1. The van der Waals surface area contributed by atoms with Crippen molar-refractivity contribution in [3.05, 3.63) is 47.5 Å². The second-order valence-electron chi connectivity index (χ2n) is 7.24. The number of benzene rings is 1. The van der Waals surface area contributed by atoms with E-state index in [4.69, 9.17) is 22.2 Å². The van der Waals surface area contributed by atoms with E-state index in [2.05, 4.69) is 4.98 Å². The summed E-state index contributed by atoms with van der Waals surface area (Å²) in [4.78, 5) is 19.6. The summed E-state index contributed by atoms with van der Waals surface area (Å²) in [7, 11) is 2.64. The quantitative estimate of drug-likeness (QED) is 0.462. The molecule has 32 heavy (non-hydrogen) atoms. The zero-order valence-electron chi connectivity index (χ0n) is 17.1. The average molecular weight is 466 g/mol. The van der Waals surface area contributed by atoms with Gasteiger partial charge in [0.1, 0.15) is 11.6 Å².